The predicted octanol–water partition coefficient (Wildman–Crippen LogP) is 5.02. The van der Waals surface area contributed by atoms with Crippen LogP contribution in [0, 0.1) is 0 Å². The fourth-order valence-corrected chi connectivity index (χ4v) is 6.30. The SMILES string of the molecule is COC(=O)c1c(-c2cc(OC)c(OC)c(OC)c2)c2ccc(OCc3cccc(C(=O)N4CCN(C)CC4)c3)cc2c(=O)n1-c1ccc(N)cc1. The second-order valence-corrected chi connectivity index (χ2v) is 12.2. The largest absolute Gasteiger partial charge is 0.493 e. The number of nitrogen functional groups attached to an aromatic ring is 1. The molecule has 2 heterocycles. The molecule has 1 amide bonds. The molecule has 1 aromatic heterocycles. The Labute approximate surface area is 295 Å². The molecule has 6 rings (SSSR count). The van der Waals surface area contributed by atoms with Crippen LogP contribution in [-0.2, 0) is 11.3 Å². The van der Waals surface area contributed by atoms with Crippen molar-refractivity contribution in [1.29, 1.82) is 0 Å². The average Bonchev–Trinajstić information content (AvgIpc) is 3.16. The van der Waals surface area contributed by atoms with Crippen molar-refractivity contribution in [2.24, 2.45) is 0 Å². The highest BCUT2D eigenvalue weighted by atomic mass is 16.5. The van der Waals surface area contributed by atoms with E-state index in [2.05, 4.69) is 4.90 Å². The van der Waals surface area contributed by atoms with E-state index in [0.717, 1.165) is 18.7 Å². The molecular formula is C39H40N4O8. The Kier molecular flexibility index (Phi) is 10.1. The number of carbonyl (C=O) groups is 2. The van der Waals surface area contributed by atoms with Crippen molar-refractivity contribution in [2.45, 2.75) is 6.61 Å². The van der Waals surface area contributed by atoms with Crippen LogP contribution < -0.4 is 30.2 Å². The Bertz CT molecular complexity index is 2130. The number of esters is 1. The summed E-state index contributed by atoms with van der Waals surface area (Å²) in [5.74, 6) is 0.745. The lowest BCUT2D eigenvalue weighted by molar-refractivity contribution is 0.0590. The molecule has 0 unspecified atom stereocenters. The fourth-order valence-electron chi connectivity index (χ4n) is 6.30. The number of hydrogen-bond donors (Lipinski definition) is 1. The summed E-state index contributed by atoms with van der Waals surface area (Å²) in [6.07, 6.45) is 0. The smallest absolute Gasteiger partial charge is 0.355 e. The first-order chi connectivity index (χ1) is 24.7. The molecule has 5 aromatic rings. The number of pyridine rings is 1. The molecule has 12 heteroatoms. The quantitative estimate of drug-likeness (QED) is 0.157. The Hall–Kier alpha value is -6.01. The number of piperazine rings is 1. The molecule has 0 bridgehead atoms. The number of carbonyl (C=O) groups excluding carboxylic acids is 2. The summed E-state index contributed by atoms with van der Waals surface area (Å²) in [6.45, 7) is 3.17. The number of likely N-dealkylation sites (N-methyl/N-ethyl adjacent to an activating group) is 1. The van der Waals surface area contributed by atoms with E-state index < -0.39 is 11.5 Å². The van der Waals surface area contributed by atoms with Crippen LogP contribution in [0.3, 0.4) is 0 Å². The van der Waals surface area contributed by atoms with E-state index >= 15 is 0 Å². The summed E-state index contributed by atoms with van der Waals surface area (Å²) in [5, 5.41) is 0.744. The second-order valence-electron chi connectivity index (χ2n) is 12.2. The van der Waals surface area contributed by atoms with Gasteiger partial charge in [0.05, 0.1) is 33.8 Å². The molecule has 0 saturated carbocycles. The maximum atomic E-state index is 14.5. The first-order valence-corrected chi connectivity index (χ1v) is 16.3. The van der Waals surface area contributed by atoms with Crippen molar-refractivity contribution < 1.29 is 33.3 Å². The Balaban J connectivity index is 1.47. The van der Waals surface area contributed by atoms with Crippen LogP contribution in [0.25, 0.3) is 27.6 Å². The van der Waals surface area contributed by atoms with Crippen molar-refractivity contribution in [3.8, 4) is 39.8 Å². The van der Waals surface area contributed by atoms with Gasteiger partial charge in [-0.2, -0.15) is 0 Å². The van der Waals surface area contributed by atoms with Gasteiger partial charge in [0.15, 0.2) is 11.5 Å². The average molecular weight is 693 g/mol. The Morgan fingerprint density at radius 1 is 0.784 bits per heavy atom. The van der Waals surface area contributed by atoms with Gasteiger partial charge in [0, 0.05) is 48.7 Å². The van der Waals surface area contributed by atoms with E-state index in [-0.39, 0.29) is 23.6 Å². The van der Waals surface area contributed by atoms with Crippen LogP contribution in [0.1, 0.15) is 26.4 Å². The summed E-state index contributed by atoms with van der Waals surface area (Å²) in [6, 6.07) is 22.5. The molecule has 4 aromatic carbocycles. The van der Waals surface area contributed by atoms with Gasteiger partial charge in [-0.25, -0.2) is 4.79 Å². The molecule has 2 N–H and O–H groups in total. The number of nitrogens with two attached hydrogens (primary N) is 1. The lowest BCUT2D eigenvalue weighted by atomic mass is 9.95. The van der Waals surface area contributed by atoms with Crippen LogP contribution >= 0.6 is 0 Å². The van der Waals surface area contributed by atoms with Crippen molar-refractivity contribution in [1.82, 2.24) is 14.4 Å². The molecular weight excluding hydrogens is 652 g/mol. The molecule has 0 radical (unpaired) electrons. The number of anilines is 1. The molecule has 0 atom stereocenters. The van der Waals surface area contributed by atoms with Crippen LogP contribution in [0.15, 0.2) is 83.7 Å². The number of rotatable bonds is 10. The number of fused-ring (bicyclic) bond motifs is 1. The fraction of sp³-hybridized carbons (Fsp3) is 0.256. The number of hydrogen-bond acceptors (Lipinski definition) is 10. The highest BCUT2D eigenvalue weighted by molar-refractivity contribution is 6.08. The van der Waals surface area contributed by atoms with Crippen molar-refractivity contribution in [2.75, 3.05) is 67.4 Å². The number of aromatic nitrogens is 1. The molecule has 1 saturated heterocycles. The van der Waals surface area contributed by atoms with Gasteiger partial charge in [0.1, 0.15) is 18.1 Å². The predicted molar refractivity (Wildman–Crippen MR) is 195 cm³/mol. The molecule has 0 aliphatic carbocycles. The van der Waals surface area contributed by atoms with E-state index in [1.807, 2.05) is 36.2 Å². The van der Waals surface area contributed by atoms with Gasteiger partial charge in [-0.05, 0) is 90.3 Å². The van der Waals surface area contributed by atoms with E-state index in [1.165, 1.54) is 33.0 Å². The molecule has 0 spiro atoms. The Morgan fingerprint density at radius 3 is 2.10 bits per heavy atom. The van der Waals surface area contributed by atoms with Crippen molar-refractivity contribution in [3.63, 3.8) is 0 Å². The first-order valence-electron chi connectivity index (χ1n) is 16.3. The minimum absolute atomic E-state index is 0.00968. The standard InChI is InChI=1S/C39H40N4O8/c1-41-15-17-42(18-16-41)37(44)25-8-6-7-24(19-25)23-51-29-13-14-30-31(22-29)38(45)43(28-11-9-27(40)10-12-28)35(39(46)50-5)34(30)26-20-32(47-2)36(49-4)33(21-26)48-3/h6-14,19-22H,15-18,23,40H2,1-5H3. The maximum absolute atomic E-state index is 14.5. The topological polar surface area (TPSA) is 135 Å². The maximum Gasteiger partial charge on any atom is 0.355 e. The highest BCUT2D eigenvalue weighted by Crippen LogP contribution is 2.44. The van der Waals surface area contributed by atoms with Gasteiger partial charge in [0.2, 0.25) is 5.75 Å². The summed E-state index contributed by atoms with van der Waals surface area (Å²) in [7, 11) is 7.80. The van der Waals surface area contributed by atoms with Crippen LogP contribution in [-0.4, -0.2) is 87.9 Å². The third-order valence-electron chi connectivity index (χ3n) is 9.01. The van der Waals surface area contributed by atoms with Gasteiger partial charge >= 0.3 is 5.97 Å². The summed E-state index contributed by atoms with van der Waals surface area (Å²) >= 11 is 0. The molecule has 51 heavy (non-hydrogen) atoms. The number of nitrogens with zero attached hydrogens (tertiary/aromatic N) is 3. The van der Waals surface area contributed by atoms with E-state index in [9.17, 15) is 14.4 Å². The number of ether oxygens (including phenoxy) is 5. The first kappa shape index (κ1) is 34.8. The number of methoxy groups -OCH3 is 4. The van der Waals surface area contributed by atoms with E-state index in [4.69, 9.17) is 29.4 Å². The zero-order valence-corrected chi connectivity index (χ0v) is 29.2. The molecule has 1 aliphatic heterocycles. The molecule has 12 nitrogen and oxygen atoms in total. The van der Waals surface area contributed by atoms with Gasteiger partial charge < -0.3 is 39.2 Å². The second kappa shape index (κ2) is 14.9. The highest BCUT2D eigenvalue weighted by Gasteiger charge is 2.27. The Morgan fingerprint density at radius 2 is 1.47 bits per heavy atom. The number of amides is 1. The minimum Gasteiger partial charge on any atom is -0.493 e. The lowest BCUT2D eigenvalue weighted by Gasteiger charge is -2.32. The lowest BCUT2D eigenvalue weighted by Crippen LogP contribution is -2.47. The van der Waals surface area contributed by atoms with Crippen molar-refractivity contribution >= 4 is 28.3 Å². The summed E-state index contributed by atoms with van der Waals surface area (Å²) in [4.78, 5) is 45.4. The van der Waals surface area contributed by atoms with Crippen LogP contribution in [0.5, 0.6) is 23.0 Å². The molecule has 264 valence electrons. The van der Waals surface area contributed by atoms with E-state index in [0.29, 0.717) is 69.5 Å². The zero-order chi connectivity index (χ0) is 36.2. The van der Waals surface area contributed by atoms with E-state index in [1.54, 1.807) is 54.6 Å². The third kappa shape index (κ3) is 6.90. The van der Waals surface area contributed by atoms with Crippen LogP contribution in [0.2, 0.25) is 0 Å². The van der Waals surface area contributed by atoms with Crippen molar-refractivity contribution in [3.05, 3.63) is 106 Å². The third-order valence-corrected chi connectivity index (χ3v) is 9.01. The van der Waals surface area contributed by atoms with Gasteiger partial charge in [-0.3, -0.25) is 14.2 Å². The van der Waals surface area contributed by atoms with Gasteiger partial charge in [-0.15, -0.1) is 0 Å². The van der Waals surface area contributed by atoms with Gasteiger partial charge in [-0.1, -0.05) is 12.1 Å². The van der Waals surface area contributed by atoms with Crippen LogP contribution in [0.4, 0.5) is 5.69 Å². The number of benzene rings is 4. The minimum atomic E-state index is -0.735. The molecule has 1 aliphatic rings. The normalized spacial score (nSPS) is 13.2. The molecule has 1 fully saturated rings. The van der Waals surface area contributed by atoms with Gasteiger partial charge in [0.25, 0.3) is 11.5 Å². The summed E-state index contributed by atoms with van der Waals surface area (Å²) in [5.41, 5.74) is 8.68. The zero-order valence-electron chi connectivity index (χ0n) is 29.2. The monoisotopic (exact) mass is 692 g/mol. The summed E-state index contributed by atoms with van der Waals surface area (Å²) < 4.78 is 29.6.